The molecule has 20 heavy (non-hydrogen) atoms. The molecule has 5 heteroatoms. The zero-order chi connectivity index (χ0) is 14.7. The molecule has 1 aromatic heterocycles. The Morgan fingerprint density at radius 1 is 1.45 bits per heavy atom. The highest BCUT2D eigenvalue weighted by atomic mass is 35.5. The van der Waals surface area contributed by atoms with E-state index in [0.29, 0.717) is 16.0 Å². The van der Waals surface area contributed by atoms with Gasteiger partial charge < -0.3 is 5.32 Å². The van der Waals surface area contributed by atoms with Crippen LogP contribution >= 0.6 is 23.4 Å². The van der Waals surface area contributed by atoms with Crippen LogP contribution in [-0.2, 0) is 0 Å². The van der Waals surface area contributed by atoms with Gasteiger partial charge in [0, 0.05) is 22.5 Å². The summed E-state index contributed by atoms with van der Waals surface area (Å²) in [7, 11) is 0. The number of nitrogens with one attached hydrogen (secondary N) is 1. The van der Waals surface area contributed by atoms with Crippen LogP contribution in [0.1, 0.15) is 55.1 Å². The first-order valence-electron chi connectivity index (χ1n) is 7.02. The van der Waals surface area contributed by atoms with Crippen molar-refractivity contribution < 1.29 is 4.79 Å². The fraction of sp³-hybridized carbons (Fsp3) is 0.600. The van der Waals surface area contributed by atoms with E-state index < -0.39 is 0 Å². The van der Waals surface area contributed by atoms with Gasteiger partial charge >= 0.3 is 0 Å². The number of halogens is 1. The predicted molar refractivity (Wildman–Crippen MR) is 85.7 cm³/mol. The highest BCUT2D eigenvalue weighted by Gasteiger charge is 2.28. The van der Waals surface area contributed by atoms with Crippen molar-refractivity contribution in [2.75, 3.05) is 6.26 Å². The Labute approximate surface area is 129 Å². The Balaban J connectivity index is 2.13. The second kappa shape index (κ2) is 6.81. The number of pyridine rings is 1. The number of thioether (sulfide) groups is 1. The Hall–Kier alpha value is -0.740. The molecule has 1 aliphatic rings. The van der Waals surface area contributed by atoms with Crippen LogP contribution in [0, 0.1) is 0 Å². The van der Waals surface area contributed by atoms with Crippen molar-refractivity contribution in [3.05, 3.63) is 28.5 Å². The number of nitrogens with zero attached hydrogens (tertiary/aromatic N) is 1. The third kappa shape index (κ3) is 3.67. The fourth-order valence-corrected chi connectivity index (χ4v) is 3.72. The van der Waals surface area contributed by atoms with Crippen LogP contribution in [0.15, 0.2) is 12.1 Å². The number of amides is 1. The maximum Gasteiger partial charge on any atom is 0.251 e. The van der Waals surface area contributed by atoms with Crippen molar-refractivity contribution in [1.82, 2.24) is 10.3 Å². The second-order valence-electron chi connectivity index (χ2n) is 5.54. The molecule has 0 saturated heterocycles. The summed E-state index contributed by atoms with van der Waals surface area (Å²) in [4.78, 5) is 16.6. The van der Waals surface area contributed by atoms with Crippen molar-refractivity contribution in [2.24, 2.45) is 0 Å². The maximum atomic E-state index is 12.4. The van der Waals surface area contributed by atoms with Crippen LogP contribution in [-0.4, -0.2) is 28.4 Å². The normalized spacial score (nSPS) is 22.2. The van der Waals surface area contributed by atoms with Crippen molar-refractivity contribution in [3.63, 3.8) is 0 Å². The molecule has 1 heterocycles. The van der Waals surface area contributed by atoms with Crippen molar-refractivity contribution in [2.45, 2.75) is 50.3 Å². The first-order chi connectivity index (χ1) is 9.51. The van der Waals surface area contributed by atoms with E-state index in [2.05, 4.69) is 16.6 Å². The summed E-state index contributed by atoms with van der Waals surface area (Å²) in [6.07, 6.45) is 5.54. The van der Waals surface area contributed by atoms with E-state index in [1.807, 2.05) is 31.7 Å². The minimum absolute atomic E-state index is 0.0397. The Morgan fingerprint density at radius 3 is 2.85 bits per heavy atom. The van der Waals surface area contributed by atoms with E-state index in [4.69, 9.17) is 11.6 Å². The molecule has 1 fully saturated rings. The molecule has 3 nitrogen and oxygen atoms in total. The van der Waals surface area contributed by atoms with Gasteiger partial charge in [-0.1, -0.05) is 31.9 Å². The van der Waals surface area contributed by atoms with Gasteiger partial charge in [0.05, 0.1) is 0 Å². The van der Waals surface area contributed by atoms with Crippen LogP contribution in [0.5, 0.6) is 0 Å². The monoisotopic (exact) mass is 312 g/mol. The molecular weight excluding hydrogens is 292 g/mol. The SMILES string of the molecule is CSC1CCCC1NC(=O)c1cc(Cl)nc(C(C)C)c1. The molecular formula is C15H21ClN2OS. The van der Waals surface area contributed by atoms with E-state index in [1.54, 1.807) is 6.07 Å². The summed E-state index contributed by atoms with van der Waals surface area (Å²) in [5.74, 6) is 0.216. The van der Waals surface area contributed by atoms with Gasteiger partial charge in [-0.25, -0.2) is 4.98 Å². The van der Waals surface area contributed by atoms with E-state index in [-0.39, 0.29) is 17.9 Å². The molecule has 1 N–H and O–H groups in total. The van der Waals surface area contributed by atoms with Crippen molar-refractivity contribution in [1.29, 1.82) is 0 Å². The lowest BCUT2D eigenvalue weighted by molar-refractivity contribution is 0.0938. The predicted octanol–water partition coefficient (Wildman–Crippen LogP) is 3.87. The average molecular weight is 313 g/mol. The van der Waals surface area contributed by atoms with Gasteiger partial charge in [-0.05, 0) is 37.1 Å². The van der Waals surface area contributed by atoms with Crippen molar-refractivity contribution in [3.8, 4) is 0 Å². The van der Waals surface area contributed by atoms with Gasteiger partial charge in [-0.3, -0.25) is 4.79 Å². The molecule has 0 aliphatic heterocycles. The van der Waals surface area contributed by atoms with Crippen LogP contribution in [0.3, 0.4) is 0 Å². The molecule has 1 aliphatic carbocycles. The number of carbonyl (C=O) groups excluding carboxylic acids is 1. The second-order valence-corrected chi connectivity index (χ2v) is 7.01. The first-order valence-corrected chi connectivity index (χ1v) is 8.69. The topological polar surface area (TPSA) is 42.0 Å². The Bertz CT molecular complexity index is 493. The molecule has 110 valence electrons. The number of rotatable bonds is 4. The van der Waals surface area contributed by atoms with Crippen LogP contribution in [0.4, 0.5) is 0 Å². The minimum Gasteiger partial charge on any atom is -0.348 e. The van der Waals surface area contributed by atoms with Gasteiger partial charge in [-0.2, -0.15) is 11.8 Å². The average Bonchev–Trinajstić information content (AvgIpc) is 2.85. The molecule has 2 unspecified atom stereocenters. The number of hydrogen-bond acceptors (Lipinski definition) is 3. The molecule has 2 atom stereocenters. The summed E-state index contributed by atoms with van der Waals surface area (Å²) < 4.78 is 0. The fourth-order valence-electron chi connectivity index (χ4n) is 2.57. The third-order valence-corrected chi connectivity index (χ3v) is 5.10. The summed E-state index contributed by atoms with van der Waals surface area (Å²) in [5.41, 5.74) is 1.47. The standard InChI is InChI=1S/C15H21ClN2OS/c1-9(2)12-7-10(8-14(16)17-12)15(19)18-11-5-4-6-13(11)20-3/h7-9,11,13H,4-6H2,1-3H3,(H,18,19). The van der Waals surface area contributed by atoms with Gasteiger partial charge in [0.15, 0.2) is 0 Å². The smallest absolute Gasteiger partial charge is 0.251 e. The summed E-state index contributed by atoms with van der Waals surface area (Å²) in [6, 6.07) is 3.76. The largest absolute Gasteiger partial charge is 0.348 e. The van der Waals surface area contributed by atoms with Crippen LogP contribution < -0.4 is 5.32 Å². The third-order valence-electron chi connectivity index (χ3n) is 3.74. The highest BCUT2D eigenvalue weighted by Crippen LogP contribution is 2.28. The molecule has 0 bridgehead atoms. The molecule has 2 rings (SSSR count). The molecule has 1 amide bonds. The van der Waals surface area contributed by atoms with Gasteiger partial charge in [0.2, 0.25) is 0 Å². The molecule has 0 radical (unpaired) electrons. The Morgan fingerprint density at radius 2 is 2.20 bits per heavy atom. The van der Waals surface area contributed by atoms with Gasteiger partial charge in [0.25, 0.3) is 5.91 Å². The number of hydrogen-bond donors (Lipinski definition) is 1. The quantitative estimate of drug-likeness (QED) is 0.858. The summed E-state index contributed by atoms with van der Waals surface area (Å²) >= 11 is 7.85. The zero-order valence-corrected chi connectivity index (χ0v) is 13.7. The highest BCUT2D eigenvalue weighted by molar-refractivity contribution is 7.99. The lowest BCUT2D eigenvalue weighted by Crippen LogP contribution is -2.38. The van der Waals surface area contributed by atoms with Gasteiger partial charge in [0.1, 0.15) is 5.15 Å². The zero-order valence-electron chi connectivity index (χ0n) is 12.1. The van der Waals surface area contributed by atoms with E-state index in [0.717, 1.165) is 12.1 Å². The van der Waals surface area contributed by atoms with E-state index >= 15 is 0 Å². The Kier molecular flexibility index (Phi) is 5.33. The number of aromatic nitrogens is 1. The molecule has 0 spiro atoms. The lowest BCUT2D eigenvalue weighted by Gasteiger charge is -2.19. The number of carbonyl (C=O) groups is 1. The summed E-state index contributed by atoms with van der Waals surface area (Å²) in [5, 5.41) is 4.06. The van der Waals surface area contributed by atoms with E-state index in [9.17, 15) is 4.79 Å². The van der Waals surface area contributed by atoms with Crippen LogP contribution in [0.2, 0.25) is 5.15 Å². The maximum absolute atomic E-state index is 12.4. The molecule has 1 saturated carbocycles. The van der Waals surface area contributed by atoms with Gasteiger partial charge in [-0.15, -0.1) is 0 Å². The summed E-state index contributed by atoms with van der Waals surface area (Å²) in [6.45, 7) is 4.09. The first kappa shape index (κ1) is 15.6. The lowest BCUT2D eigenvalue weighted by atomic mass is 10.1. The van der Waals surface area contributed by atoms with Crippen LogP contribution in [0.25, 0.3) is 0 Å². The molecule has 1 aromatic rings. The van der Waals surface area contributed by atoms with E-state index in [1.165, 1.54) is 12.8 Å². The molecule has 0 aromatic carbocycles. The minimum atomic E-state index is -0.0397. The van der Waals surface area contributed by atoms with Crippen molar-refractivity contribution >= 4 is 29.3 Å².